The van der Waals surface area contributed by atoms with Gasteiger partial charge >= 0.3 is 0 Å². The van der Waals surface area contributed by atoms with Gasteiger partial charge in [-0.05, 0) is 48.9 Å². The molecule has 2 aromatic rings. The van der Waals surface area contributed by atoms with E-state index in [9.17, 15) is 0 Å². The number of hydrogen-bond acceptors (Lipinski definition) is 5. The molecule has 0 bridgehead atoms. The fourth-order valence-electron chi connectivity index (χ4n) is 3.15. The van der Waals surface area contributed by atoms with E-state index < -0.39 is 0 Å². The average molecular weight is 324 g/mol. The number of benzene rings is 1. The summed E-state index contributed by atoms with van der Waals surface area (Å²) in [5.41, 5.74) is 3.84. The molecule has 0 atom stereocenters. The molecule has 1 saturated carbocycles. The molecule has 4 rings (SSSR count). The van der Waals surface area contributed by atoms with Crippen LogP contribution in [-0.2, 0) is 19.4 Å². The molecule has 0 amide bonds. The van der Waals surface area contributed by atoms with E-state index >= 15 is 0 Å². The van der Waals surface area contributed by atoms with Crippen molar-refractivity contribution in [2.24, 2.45) is 0 Å². The van der Waals surface area contributed by atoms with E-state index in [2.05, 4.69) is 40.3 Å². The molecule has 2 heterocycles. The second-order valence-corrected chi connectivity index (χ2v) is 6.62. The van der Waals surface area contributed by atoms with Gasteiger partial charge in [-0.15, -0.1) is 0 Å². The highest BCUT2D eigenvalue weighted by Crippen LogP contribution is 2.28. The van der Waals surface area contributed by atoms with Crippen molar-refractivity contribution in [2.75, 3.05) is 23.9 Å². The molecule has 0 radical (unpaired) electrons. The van der Waals surface area contributed by atoms with Crippen molar-refractivity contribution in [3.05, 3.63) is 41.1 Å². The summed E-state index contributed by atoms with van der Waals surface area (Å²) >= 11 is 0. The SMILES string of the molecule is CCc1cc(N2CCc3cc(OC)ccc3C2)nc(NC2CC2)n1. The van der Waals surface area contributed by atoms with Crippen molar-refractivity contribution in [2.45, 2.75) is 45.2 Å². The number of nitrogens with zero attached hydrogens (tertiary/aromatic N) is 3. The molecule has 1 aromatic heterocycles. The lowest BCUT2D eigenvalue weighted by molar-refractivity contribution is 0.413. The van der Waals surface area contributed by atoms with Crippen molar-refractivity contribution in [1.29, 1.82) is 0 Å². The summed E-state index contributed by atoms with van der Waals surface area (Å²) in [5.74, 6) is 2.76. The van der Waals surface area contributed by atoms with Gasteiger partial charge in [0.15, 0.2) is 0 Å². The second-order valence-electron chi connectivity index (χ2n) is 6.62. The maximum Gasteiger partial charge on any atom is 0.225 e. The Morgan fingerprint density at radius 3 is 2.83 bits per heavy atom. The van der Waals surface area contributed by atoms with Crippen LogP contribution in [0.5, 0.6) is 5.75 Å². The summed E-state index contributed by atoms with van der Waals surface area (Å²) in [6, 6.07) is 9.07. The van der Waals surface area contributed by atoms with Crippen molar-refractivity contribution < 1.29 is 4.74 Å². The molecule has 0 spiro atoms. The zero-order chi connectivity index (χ0) is 16.5. The lowest BCUT2D eigenvalue weighted by Crippen LogP contribution is -2.31. The number of aromatic nitrogens is 2. The first-order chi connectivity index (χ1) is 11.7. The Morgan fingerprint density at radius 1 is 1.21 bits per heavy atom. The molecule has 1 aliphatic heterocycles. The standard InChI is InChI=1S/C19H24N4O/c1-3-15-11-18(22-19(20-15)21-16-5-6-16)23-9-8-13-10-17(24-2)7-4-14(13)12-23/h4,7,10-11,16H,3,5-6,8-9,12H2,1-2H3,(H,20,21,22). The van der Waals surface area contributed by atoms with Crippen LogP contribution in [0.4, 0.5) is 11.8 Å². The van der Waals surface area contributed by atoms with E-state index in [1.807, 2.05) is 6.07 Å². The zero-order valence-corrected chi connectivity index (χ0v) is 14.4. The molecule has 1 aromatic carbocycles. The van der Waals surface area contributed by atoms with Crippen LogP contribution in [-0.4, -0.2) is 29.7 Å². The van der Waals surface area contributed by atoms with Gasteiger partial charge in [0.25, 0.3) is 0 Å². The van der Waals surface area contributed by atoms with Crippen molar-refractivity contribution in [1.82, 2.24) is 9.97 Å². The van der Waals surface area contributed by atoms with Gasteiger partial charge in [-0.25, -0.2) is 4.98 Å². The molecule has 126 valence electrons. The first kappa shape index (κ1) is 15.2. The Labute approximate surface area is 143 Å². The first-order valence-electron chi connectivity index (χ1n) is 8.80. The van der Waals surface area contributed by atoms with Crippen LogP contribution in [0.3, 0.4) is 0 Å². The maximum atomic E-state index is 5.34. The van der Waals surface area contributed by atoms with Crippen LogP contribution in [0.2, 0.25) is 0 Å². The fraction of sp³-hybridized carbons (Fsp3) is 0.474. The molecule has 1 N–H and O–H groups in total. The lowest BCUT2D eigenvalue weighted by atomic mass is 9.99. The molecule has 24 heavy (non-hydrogen) atoms. The third-order valence-corrected chi connectivity index (χ3v) is 4.79. The van der Waals surface area contributed by atoms with E-state index in [4.69, 9.17) is 9.72 Å². The molecule has 1 fully saturated rings. The smallest absolute Gasteiger partial charge is 0.225 e. The van der Waals surface area contributed by atoms with Gasteiger partial charge in [-0.2, -0.15) is 4.98 Å². The number of nitrogens with one attached hydrogen (secondary N) is 1. The van der Waals surface area contributed by atoms with Gasteiger partial charge in [0, 0.05) is 30.9 Å². The van der Waals surface area contributed by atoms with Gasteiger partial charge in [0.05, 0.1) is 7.11 Å². The summed E-state index contributed by atoms with van der Waals surface area (Å²) in [6.45, 7) is 4.01. The molecule has 0 saturated heterocycles. The average Bonchev–Trinajstić information content (AvgIpc) is 3.44. The number of aryl methyl sites for hydroxylation is 1. The van der Waals surface area contributed by atoms with Crippen LogP contribution in [0.15, 0.2) is 24.3 Å². The minimum atomic E-state index is 0.569. The number of methoxy groups -OCH3 is 1. The van der Waals surface area contributed by atoms with Crippen LogP contribution >= 0.6 is 0 Å². The molecule has 5 nitrogen and oxygen atoms in total. The second kappa shape index (κ2) is 6.30. The van der Waals surface area contributed by atoms with Gasteiger partial charge in [-0.1, -0.05) is 13.0 Å². The molecule has 2 aliphatic rings. The minimum Gasteiger partial charge on any atom is -0.497 e. The molecular weight excluding hydrogens is 300 g/mol. The number of ether oxygens (including phenoxy) is 1. The molecule has 0 unspecified atom stereocenters. The summed E-state index contributed by atoms with van der Waals surface area (Å²) < 4.78 is 5.34. The largest absolute Gasteiger partial charge is 0.497 e. The Morgan fingerprint density at radius 2 is 2.08 bits per heavy atom. The van der Waals surface area contributed by atoms with E-state index in [0.29, 0.717) is 6.04 Å². The van der Waals surface area contributed by atoms with Crippen LogP contribution in [0, 0.1) is 0 Å². The number of anilines is 2. The topological polar surface area (TPSA) is 50.3 Å². The highest BCUT2D eigenvalue weighted by atomic mass is 16.5. The molecule has 5 heteroatoms. The van der Waals surface area contributed by atoms with E-state index in [-0.39, 0.29) is 0 Å². The minimum absolute atomic E-state index is 0.569. The third-order valence-electron chi connectivity index (χ3n) is 4.79. The maximum absolute atomic E-state index is 5.34. The highest BCUT2D eigenvalue weighted by molar-refractivity contribution is 5.49. The van der Waals surface area contributed by atoms with Crippen LogP contribution in [0.25, 0.3) is 0 Å². The third kappa shape index (κ3) is 3.16. The Hall–Kier alpha value is -2.30. The Kier molecular flexibility index (Phi) is 4.00. The summed E-state index contributed by atoms with van der Waals surface area (Å²) in [7, 11) is 1.72. The quantitative estimate of drug-likeness (QED) is 0.915. The van der Waals surface area contributed by atoms with Gasteiger partial charge in [-0.3, -0.25) is 0 Å². The van der Waals surface area contributed by atoms with E-state index in [1.54, 1.807) is 7.11 Å². The van der Waals surface area contributed by atoms with Crippen LogP contribution in [0.1, 0.15) is 36.6 Å². The highest BCUT2D eigenvalue weighted by Gasteiger charge is 2.23. The summed E-state index contributed by atoms with van der Waals surface area (Å²) in [6.07, 6.45) is 4.40. The van der Waals surface area contributed by atoms with Gasteiger partial charge in [0.2, 0.25) is 5.95 Å². The van der Waals surface area contributed by atoms with Crippen molar-refractivity contribution in [3.63, 3.8) is 0 Å². The Balaban J connectivity index is 1.58. The summed E-state index contributed by atoms with van der Waals surface area (Å²) in [4.78, 5) is 11.8. The van der Waals surface area contributed by atoms with E-state index in [0.717, 1.165) is 49.1 Å². The predicted octanol–water partition coefficient (Wildman–Crippen LogP) is 3.18. The summed E-state index contributed by atoms with van der Waals surface area (Å²) in [5, 5.41) is 3.44. The number of rotatable bonds is 5. The first-order valence-corrected chi connectivity index (χ1v) is 8.80. The predicted molar refractivity (Wildman–Crippen MR) is 95.8 cm³/mol. The van der Waals surface area contributed by atoms with Crippen molar-refractivity contribution >= 4 is 11.8 Å². The monoisotopic (exact) mass is 324 g/mol. The fourth-order valence-corrected chi connectivity index (χ4v) is 3.15. The normalized spacial score (nSPS) is 16.7. The van der Waals surface area contributed by atoms with E-state index in [1.165, 1.54) is 24.0 Å². The zero-order valence-electron chi connectivity index (χ0n) is 14.4. The number of fused-ring (bicyclic) bond motifs is 1. The van der Waals surface area contributed by atoms with Gasteiger partial charge < -0.3 is 15.0 Å². The number of hydrogen-bond donors (Lipinski definition) is 1. The van der Waals surface area contributed by atoms with Gasteiger partial charge in [0.1, 0.15) is 11.6 Å². The molecule has 1 aliphatic carbocycles. The molecular formula is C19H24N4O. The van der Waals surface area contributed by atoms with Crippen molar-refractivity contribution in [3.8, 4) is 5.75 Å². The Bertz CT molecular complexity index is 742. The van der Waals surface area contributed by atoms with Crippen LogP contribution < -0.4 is 15.0 Å². The lowest BCUT2D eigenvalue weighted by Gasteiger charge is -2.30.